The van der Waals surface area contributed by atoms with E-state index in [-0.39, 0.29) is 5.43 Å². The van der Waals surface area contributed by atoms with Gasteiger partial charge in [-0.15, -0.1) is 0 Å². The fraction of sp³-hybridized carbons (Fsp3) is 0. The molecule has 0 aliphatic rings. The Morgan fingerprint density at radius 3 is 2.61 bits per heavy atom. The summed E-state index contributed by atoms with van der Waals surface area (Å²) in [6.07, 6.45) is 5.07. The van der Waals surface area contributed by atoms with E-state index >= 15 is 0 Å². The van der Waals surface area contributed by atoms with Crippen molar-refractivity contribution < 1.29 is 8.83 Å². The first-order valence-electron chi connectivity index (χ1n) is 5.57. The van der Waals surface area contributed by atoms with Crippen LogP contribution in [0.25, 0.3) is 23.1 Å². The summed E-state index contributed by atoms with van der Waals surface area (Å²) in [5.41, 5.74) is 0.542. The maximum atomic E-state index is 11.8. The van der Waals surface area contributed by atoms with Gasteiger partial charge in [0.2, 0.25) is 0 Å². The smallest absolute Gasteiger partial charge is 0.193 e. The first-order chi connectivity index (χ1) is 8.83. The molecule has 1 aromatic carbocycles. The summed E-state index contributed by atoms with van der Waals surface area (Å²) in [5.74, 6) is 1.22. The van der Waals surface area contributed by atoms with Crippen LogP contribution in [0.1, 0.15) is 11.5 Å². The molecule has 0 amide bonds. The molecule has 0 aliphatic heterocycles. The molecule has 0 radical (unpaired) electrons. The third-order valence-electron chi connectivity index (χ3n) is 2.61. The summed E-state index contributed by atoms with van der Waals surface area (Å²) in [6.45, 7) is 0. The highest BCUT2D eigenvalue weighted by atomic mass is 16.3. The molecule has 0 bridgehead atoms. The zero-order chi connectivity index (χ0) is 12.4. The van der Waals surface area contributed by atoms with Crippen LogP contribution < -0.4 is 5.43 Å². The highest BCUT2D eigenvalue weighted by molar-refractivity contribution is 5.77. The topological polar surface area (TPSA) is 43.4 Å². The van der Waals surface area contributed by atoms with Crippen LogP contribution in [0, 0.1) is 0 Å². The van der Waals surface area contributed by atoms with E-state index in [2.05, 4.69) is 0 Å². The molecule has 2 heterocycles. The average Bonchev–Trinajstić information content (AvgIpc) is 2.90. The van der Waals surface area contributed by atoms with Gasteiger partial charge in [-0.2, -0.15) is 0 Å². The summed E-state index contributed by atoms with van der Waals surface area (Å²) in [7, 11) is 0. The number of para-hydroxylation sites is 1. The molecule has 0 fully saturated rings. The lowest BCUT2D eigenvalue weighted by molar-refractivity contribution is 0.556. The van der Waals surface area contributed by atoms with Crippen molar-refractivity contribution in [3.63, 3.8) is 0 Å². The van der Waals surface area contributed by atoms with E-state index in [0.29, 0.717) is 22.5 Å². The van der Waals surface area contributed by atoms with Crippen LogP contribution in [0.15, 0.2) is 62.4 Å². The van der Waals surface area contributed by atoms with Crippen molar-refractivity contribution in [2.75, 3.05) is 0 Å². The van der Waals surface area contributed by atoms with Gasteiger partial charge in [0.15, 0.2) is 5.43 Å². The van der Waals surface area contributed by atoms with E-state index < -0.39 is 0 Å². The molecule has 3 rings (SSSR count). The van der Waals surface area contributed by atoms with Gasteiger partial charge in [-0.3, -0.25) is 4.79 Å². The van der Waals surface area contributed by atoms with Gasteiger partial charge in [0.25, 0.3) is 0 Å². The highest BCUT2D eigenvalue weighted by Crippen LogP contribution is 2.14. The van der Waals surface area contributed by atoms with Gasteiger partial charge in [-0.05, 0) is 36.4 Å². The lowest BCUT2D eigenvalue weighted by Crippen LogP contribution is -1.99. The van der Waals surface area contributed by atoms with Crippen molar-refractivity contribution in [2.45, 2.75) is 0 Å². The van der Waals surface area contributed by atoms with Gasteiger partial charge in [-0.25, -0.2) is 0 Å². The fourth-order valence-electron chi connectivity index (χ4n) is 1.76. The summed E-state index contributed by atoms with van der Waals surface area (Å²) in [6, 6.07) is 12.3. The Kier molecular flexibility index (Phi) is 2.57. The molecule has 3 nitrogen and oxygen atoms in total. The molecule has 2 aromatic heterocycles. The molecule has 0 spiro atoms. The zero-order valence-corrected chi connectivity index (χ0v) is 9.50. The zero-order valence-electron chi connectivity index (χ0n) is 9.50. The highest BCUT2D eigenvalue weighted by Gasteiger charge is 2.01. The minimum atomic E-state index is -0.0454. The van der Waals surface area contributed by atoms with E-state index in [1.54, 1.807) is 36.6 Å². The Morgan fingerprint density at radius 2 is 1.78 bits per heavy atom. The molecule has 3 heteroatoms. The lowest BCUT2D eigenvalue weighted by Gasteiger charge is -1.97. The Hall–Kier alpha value is -2.55. The van der Waals surface area contributed by atoms with Crippen LogP contribution in [-0.2, 0) is 0 Å². The standard InChI is InChI=1S/C15H10O3/c16-14-10-12(8-7-11-4-3-9-17-11)18-15-6-2-1-5-13(14)15/h1-10H/b8-7+. The predicted octanol–water partition coefficient (Wildman–Crippen LogP) is 3.56. The lowest BCUT2D eigenvalue weighted by atomic mass is 10.2. The molecule has 0 unspecified atom stereocenters. The number of rotatable bonds is 2. The first kappa shape index (κ1) is 10.6. The van der Waals surface area contributed by atoms with Gasteiger partial charge < -0.3 is 8.83 Å². The minimum Gasteiger partial charge on any atom is -0.465 e. The number of furan rings is 1. The third kappa shape index (κ3) is 1.98. The van der Waals surface area contributed by atoms with Gasteiger partial charge in [0, 0.05) is 6.07 Å². The Morgan fingerprint density at radius 1 is 0.944 bits per heavy atom. The molecule has 0 N–H and O–H groups in total. The van der Waals surface area contributed by atoms with E-state index in [9.17, 15) is 4.79 Å². The first-order valence-corrected chi connectivity index (χ1v) is 5.57. The van der Waals surface area contributed by atoms with E-state index in [0.717, 1.165) is 0 Å². The van der Waals surface area contributed by atoms with Gasteiger partial charge in [0.1, 0.15) is 17.1 Å². The number of fused-ring (bicyclic) bond motifs is 1. The second-order valence-corrected chi connectivity index (χ2v) is 3.86. The van der Waals surface area contributed by atoms with Crippen molar-refractivity contribution in [2.24, 2.45) is 0 Å². The van der Waals surface area contributed by atoms with Gasteiger partial charge in [0.05, 0.1) is 11.6 Å². The number of benzene rings is 1. The minimum absolute atomic E-state index is 0.0454. The van der Waals surface area contributed by atoms with Crippen molar-refractivity contribution in [3.05, 3.63) is 70.5 Å². The average molecular weight is 238 g/mol. The fourth-order valence-corrected chi connectivity index (χ4v) is 1.76. The predicted molar refractivity (Wildman–Crippen MR) is 70.1 cm³/mol. The molecule has 0 saturated carbocycles. The van der Waals surface area contributed by atoms with Crippen LogP contribution in [0.2, 0.25) is 0 Å². The monoisotopic (exact) mass is 238 g/mol. The van der Waals surface area contributed by atoms with Crippen LogP contribution >= 0.6 is 0 Å². The van der Waals surface area contributed by atoms with Crippen LogP contribution in [0.3, 0.4) is 0 Å². The number of hydrogen-bond donors (Lipinski definition) is 0. The maximum Gasteiger partial charge on any atom is 0.193 e. The van der Waals surface area contributed by atoms with Crippen LogP contribution in [0.4, 0.5) is 0 Å². The third-order valence-corrected chi connectivity index (χ3v) is 2.61. The summed E-state index contributed by atoms with van der Waals surface area (Å²) < 4.78 is 10.8. The Bertz CT molecular complexity index is 749. The molecular weight excluding hydrogens is 228 g/mol. The second-order valence-electron chi connectivity index (χ2n) is 3.86. The van der Waals surface area contributed by atoms with Crippen LogP contribution in [0.5, 0.6) is 0 Å². The van der Waals surface area contributed by atoms with E-state index in [1.165, 1.54) is 6.07 Å². The van der Waals surface area contributed by atoms with E-state index in [4.69, 9.17) is 8.83 Å². The maximum absolute atomic E-state index is 11.8. The molecule has 88 valence electrons. The van der Waals surface area contributed by atoms with Crippen molar-refractivity contribution in [1.82, 2.24) is 0 Å². The quantitative estimate of drug-likeness (QED) is 0.685. The Labute approximate surface area is 103 Å². The molecule has 3 aromatic rings. The number of hydrogen-bond acceptors (Lipinski definition) is 3. The molecule has 0 aliphatic carbocycles. The van der Waals surface area contributed by atoms with Gasteiger partial charge >= 0.3 is 0 Å². The van der Waals surface area contributed by atoms with Crippen molar-refractivity contribution >= 4 is 23.1 Å². The normalized spacial score (nSPS) is 11.3. The van der Waals surface area contributed by atoms with Crippen molar-refractivity contribution in [3.8, 4) is 0 Å². The summed E-state index contributed by atoms with van der Waals surface area (Å²) in [4.78, 5) is 11.8. The second kappa shape index (κ2) is 4.37. The summed E-state index contributed by atoms with van der Waals surface area (Å²) >= 11 is 0. The van der Waals surface area contributed by atoms with Crippen LogP contribution in [-0.4, -0.2) is 0 Å². The van der Waals surface area contributed by atoms with Gasteiger partial charge in [-0.1, -0.05) is 12.1 Å². The molecule has 0 atom stereocenters. The van der Waals surface area contributed by atoms with Crippen molar-refractivity contribution in [1.29, 1.82) is 0 Å². The molecule has 0 saturated heterocycles. The Balaban J connectivity index is 2.06. The molecule has 18 heavy (non-hydrogen) atoms. The summed E-state index contributed by atoms with van der Waals surface area (Å²) in [5, 5.41) is 0.590. The SMILES string of the molecule is O=c1cc(/C=C/c2ccco2)oc2ccccc12. The largest absolute Gasteiger partial charge is 0.465 e. The molecular formula is C15H10O3. The van der Waals surface area contributed by atoms with E-state index in [1.807, 2.05) is 18.2 Å².